The third-order valence-electron chi connectivity index (χ3n) is 3.12. The van der Waals surface area contributed by atoms with Crippen LogP contribution in [0.2, 0.25) is 0 Å². The number of benzene rings is 2. The average molecular weight is 288 g/mol. The number of esters is 1. The van der Waals surface area contributed by atoms with E-state index in [1.54, 1.807) is 30.3 Å². The van der Waals surface area contributed by atoms with Gasteiger partial charge in [0, 0.05) is 0 Å². The second-order valence-electron chi connectivity index (χ2n) is 4.42. The van der Waals surface area contributed by atoms with E-state index in [1.165, 1.54) is 7.11 Å². The fourth-order valence-electron chi connectivity index (χ4n) is 2.11. The highest BCUT2D eigenvalue weighted by Gasteiger charge is 2.32. The first kappa shape index (κ1) is 12.8. The van der Waals surface area contributed by atoms with E-state index in [4.69, 9.17) is 0 Å². The Kier molecular flexibility index (Phi) is 2.99. The Morgan fingerprint density at radius 1 is 1.05 bits per heavy atom. The first-order valence-electron chi connectivity index (χ1n) is 6.07. The summed E-state index contributed by atoms with van der Waals surface area (Å²) in [6.07, 6.45) is 0. The Bertz CT molecular complexity index is 716. The van der Waals surface area contributed by atoms with Gasteiger partial charge in [-0.3, -0.25) is 4.57 Å². The molecule has 0 saturated heterocycles. The van der Waals surface area contributed by atoms with Crippen molar-refractivity contribution in [3.63, 3.8) is 0 Å². The summed E-state index contributed by atoms with van der Waals surface area (Å²) in [4.78, 5) is 11.5. The van der Waals surface area contributed by atoms with Crippen molar-refractivity contribution in [2.75, 3.05) is 17.3 Å². The van der Waals surface area contributed by atoms with E-state index in [0.29, 0.717) is 22.2 Å². The molecular formula is C14H13N2O3P. The SMILES string of the molecule is COC(=O)c1ccc2c(c1)N[P@](=O)(c1ccccc1)N2. The molecule has 0 bridgehead atoms. The van der Waals surface area contributed by atoms with Gasteiger partial charge >= 0.3 is 5.97 Å². The number of anilines is 2. The third kappa shape index (κ3) is 2.06. The molecule has 0 saturated carbocycles. The number of methoxy groups -OCH3 is 1. The predicted molar refractivity (Wildman–Crippen MR) is 78.7 cm³/mol. The fraction of sp³-hybridized carbons (Fsp3) is 0.0714. The Morgan fingerprint density at radius 2 is 1.75 bits per heavy atom. The molecule has 1 aliphatic heterocycles. The van der Waals surface area contributed by atoms with Crippen LogP contribution >= 0.6 is 7.44 Å². The highest BCUT2D eigenvalue weighted by Crippen LogP contribution is 2.53. The van der Waals surface area contributed by atoms with E-state index in [9.17, 15) is 9.36 Å². The molecule has 6 heteroatoms. The van der Waals surface area contributed by atoms with Gasteiger partial charge in [0.25, 0.3) is 7.44 Å². The molecule has 2 aromatic carbocycles. The monoisotopic (exact) mass is 288 g/mol. The minimum atomic E-state index is -2.91. The zero-order valence-electron chi connectivity index (χ0n) is 10.8. The minimum absolute atomic E-state index is 0.419. The molecule has 102 valence electrons. The van der Waals surface area contributed by atoms with Crippen LogP contribution < -0.4 is 15.5 Å². The van der Waals surface area contributed by atoms with Gasteiger partial charge in [-0.15, -0.1) is 0 Å². The van der Waals surface area contributed by atoms with Crippen LogP contribution in [0.15, 0.2) is 48.5 Å². The Labute approximate surface area is 116 Å². The van der Waals surface area contributed by atoms with E-state index >= 15 is 0 Å². The summed E-state index contributed by atoms with van der Waals surface area (Å²) in [6.45, 7) is 0. The Morgan fingerprint density at radius 3 is 2.45 bits per heavy atom. The highest BCUT2D eigenvalue weighted by molar-refractivity contribution is 7.74. The van der Waals surface area contributed by atoms with Gasteiger partial charge in [-0.25, -0.2) is 4.79 Å². The summed E-state index contributed by atoms with van der Waals surface area (Å²) in [6, 6.07) is 14.1. The lowest BCUT2D eigenvalue weighted by atomic mass is 10.2. The van der Waals surface area contributed by atoms with E-state index < -0.39 is 13.4 Å². The first-order chi connectivity index (χ1) is 9.62. The molecule has 0 unspecified atom stereocenters. The Balaban J connectivity index is 1.97. The molecule has 5 nitrogen and oxygen atoms in total. The molecule has 1 atom stereocenters. The number of hydrogen-bond donors (Lipinski definition) is 2. The van der Waals surface area contributed by atoms with Crippen LogP contribution in [0.3, 0.4) is 0 Å². The zero-order valence-corrected chi connectivity index (χ0v) is 11.7. The summed E-state index contributed by atoms with van der Waals surface area (Å²) in [5, 5.41) is 6.68. The smallest absolute Gasteiger partial charge is 0.337 e. The van der Waals surface area contributed by atoms with Crippen LogP contribution in [-0.4, -0.2) is 13.1 Å². The largest absolute Gasteiger partial charge is 0.465 e. The quantitative estimate of drug-likeness (QED) is 0.657. The number of nitrogens with one attached hydrogen (secondary N) is 2. The number of fused-ring (bicyclic) bond motifs is 1. The molecule has 0 spiro atoms. The van der Waals surface area contributed by atoms with Gasteiger partial charge in [-0.05, 0) is 30.3 Å². The molecule has 2 aromatic rings. The molecule has 0 radical (unpaired) electrons. The summed E-state index contributed by atoms with van der Waals surface area (Å²) in [5.41, 5.74) is 1.77. The third-order valence-corrected chi connectivity index (χ3v) is 5.25. The van der Waals surface area contributed by atoms with Crippen LogP contribution in [0.5, 0.6) is 0 Å². The average Bonchev–Trinajstić information content (AvgIpc) is 2.84. The molecule has 20 heavy (non-hydrogen) atoms. The van der Waals surface area contributed by atoms with E-state index in [2.05, 4.69) is 14.9 Å². The van der Waals surface area contributed by atoms with Gasteiger partial charge in [0.05, 0.1) is 29.4 Å². The van der Waals surface area contributed by atoms with E-state index in [0.717, 1.165) is 0 Å². The lowest BCUT2D eigenvalue weighted by Gasteiger charge is -2.12. The molecule has 1 aliphatic rings. The highest BCUT2D eigenvalue weighted by atomic mass is 31.2. The van der Waals surface area contributed by atoms with Crippen LogP contribution in [0.25, 0.3) is 0 Å². The van der Waals surface area contributed by atoms with E-state index in [-0.39, 0.29) is 0 Å². The van der Waals surface area contributed by atoms with Gasteiger partial charge in [0.1, 0.15) is 0 Å². The second kappa shape index (κ2) is 4.69. The van der Waals surface area contributed by atoms with Crippen LogP contribution in [-0.2, 0) is 9.30 Å². The normalized spacial score (nSPS) is 19.6. The lowest BCUT2D eigenvalue weighted by molar-refractivity contribution is 0.0601. The minimum Gasteiger partial charge on any atom is -0.465 e. The topological polar surface area (TPSA) is 67.4 Å². The van der Waals surface area contributed by atoms with Crippen molar-refractivity contribution in [2.45, 2.75) is 0 Å². The molecule has 0 fully saturated rings. The van der Waals surface area contributed by atoms with Gasteiger partial charge in [-0.1, -0.05) is 18.2 Å². The number of carbonyl (C=O) groups excluding carboxylic acids is 1. The summed E-state index contributed by atoms with van der Waals surface area (Å²) in [7, 11) is -1.59. The predicted octanol–water partition coefficient (Wildman–Crippen LogP) is 2.83. The molecule has 0 aromatic heterocycles. The second-order valence-corrected chi connectivity index (χ2v) is 6.60. The van der Waals surface area contributed by atoms with Crippen molar-refractivity contribution in [2.24, 2.45) is 0 Å². The summed E-state index contributed by atoms with van der Waals surface area (Å²) < 4.78 is 17.6. The molecule has 1 heterocycles. The molecule has 0 amide bonds. The first-order valence-corrected chi connectivity index (χ1v) is 7.78. The zero-order chi connectivity index (χ0) is 14.2. The number of ether oxygens (including phenoxy) is 1. The molecule has 0 aliphatic carbocycles. The number of carbonyl (C=O) groups is 1. The van der Waals surface area contributed by atoms with Crippen molar-refractivity contribution in [1.29, 1.82) is 0 Å². The van der Waals surface area contributed by atoms with Gasteiger partial charge in [0.2, 0.25) is 0 Å². The van der Waals surface area contributed by atoms with Gasteiger partial charge in [-0.2, -0.15) is 0 Å². The summed E-state index contributed by atoms with van der Waals surface area (Å²) in [5.74, 6) is -0.420. The standard InChI is InChI=1S/C14H13N2O3P/c1-19-14(17)10-7-8-12-13(9-10)16-20(18,15-12)11-5-3-2-4-6-11/h2-9H,1H3,(H2,15,16,18)/t20-/m0/s1. The van der Waals surface area contributed by atoms with Crippen LogP contribution in [0, 0.1) is 0 Å². The van der Waals surface area contributed by atoms with Crippen molar-refractivity contribution < 1.29 is 14.1 Å². The van der Waals surface area contributed by atoms with E-state index in [1.807, 2.05) is 18.2 Å². The van der Waals surface area contributed by atoms with Crippen molar-refractivity contribution in [3.05, 3.63) is 54.1 Å². The lowest BCUT2D eigenvalue weighted by Crippen LogP contribution is -2.12. The maximum atomic E-state index is 12.9. The van der Waals surface area contributed by atoms with Crippen molar-refractivity contribution >= 4 is 30.1 Å². The van der Waals surface area contributed by atoms with Crippen LogP contribution in [0.4, 0.5) is 11.4 Å². The maximum absolute atomic E-state index is 12.9. The van der Waals surface area contributed by atoms with Crippen molar-refractivity contribution in [3.8, 4) is 0 Å². The fourth-order valence-corrected chi connectivity index (χ4v) is 4.08. The van der Waals surface area contributed by atoms with Crippen LogP contribution in [0.1, 0.15) is 10.4 Å². The maximum Gasteiger partial charge on any atom is 0.337 e. The van der Waals surface area contributed by atoms with Gasteiger partial charge in [0.15, 0.2) is 0 Å². The van der Waals surface area contributed by atoms with Gasteiger partial charge < -0.3 is 14.9 Å². The molecule has 3 rings (SSSR count). The Hall–Kier alpha value is -2.26. The summed E-state index contributed by atoms with van der Waals surface area (Å²) >= 11 is 0. The molecular weight excluding hydrogens is 275 g/mol. The number of rotatable bonds is 2. The molecule has 2 N–H and O–H groups in total. The number of hydrogen-bond acceptors (Lipinski definition) is 3. The van der Waals surface area contributed by atoms with Crippen molar-refractivity contribution in [1.82, 2.24) is 0 Å².